The molecular formula is C24H20F4N4O2S. The normalized spacial score (nSPS) is 16.0. The lowest BCUT2D eigenvalue weighted by molar-refractivity contribution is -0.141. The van der Waals surface area contributed by atoms with Crippen molar-refractivity contribution in [1.29, 1.82) is 0 Å². The van der Waals surface area contributed by atoms with Gasteiger partial charge in [-0.2, -0.15) is 13.2 Å². The fourth-order valence-electron chi connectivity index (χ4n) is 3.48. The van der Waals surface area contributed by atoms with E-state index in [9.17, 15) is 27.2 Å². The van der Waals surface area contributed by atoms with Gasteiger partial charge in [0.05, 0.1) is 18.3 Å². The molecule has 182 valence electrons. The van der Waals surface area contributed by atoms with Crippen LogP contribution in [0.15, 0.2) is 65.7 Å². The highest BCUT2D eigenvalue weighted by Crippen LogP contribution is 2.36. The van der Waals surface area contributed by atoms with Gasteiger partial charge in [0.25, 0.3) is 5.91 Å². The zero-order chi connectivity index (χ0) is 25.2. The van der Waals surface area contributed by atoms with E-state index in [0.717, 1.165) is 12.3 Å². The fraction of sp³-hybridized carbons (Fsp3) is 0.208. The number of hydrogen-bond donors (Lipinski definition) is 2. The number of anilines is 1. The van der Waals surface area contributed by atoms with Crippen LogP contribution in [-0.4, -0.2) is 28.6 Å². The van der Waals surface area contributed by atoms with Crippen molar-refractivity contribution in [3.05, 3.63) is 89.0 Å². The van der Waals surface area contributed by atoms with Gasteiger partial charge in [-0.3, -0.25) is 14.6 Å². The molecule has 35 heavy (non-hydrogen) atoms. The Morgan fingerprint density at radius 1 is 1.11 bits per heavy atom. The Bertz CT molecular complexity index is 1230. The van der Waals surface area contributed by atoms with E-state index in [1.165, 1.54) is 34.9 Å². The Kier molecular flexibility index (Phi) is 7.08. The second-order valence-corrected chi connectivity index (χ2v) is 8.94. The summed E-state index contributed by atoms with van der Waals surface area (Å²) in [5, 5.41) is 2.75. The van der Waals surface area contributed by atoms with Crippen molar-refractivity contribution in [2.75, 3.05) is 10.7 Å². The molecule has 3 N–H and O–H groups in total. The lowest BCUT2D eigenvalue weighted by Crippen LogP contribution is -2.44. The number of alkyl halides is 3. The number of nitrogens with one attached hydrogen (secondary N) is 1. The van der Waals surface area contributed by atoms with Gasteiger partial charge in [-0.25, -0.2) is 4.39 Å². The Morgan fingerprint density at radius 3 is 2.49 bits per heavy atom. The number of amides is 2. The number of fused-ring (bicyclic) bond motifs is 1. The van der Waals surface area contributed by atoms with Crippen LogP contribution in [-0.2, 0) is 24.1 Å². The molecule has 4 rings (SSSR count). The maximum absolute atomic E-state index is 13.1. The van der Waals surface area contributed by atoms with E-state index in [4.69, 9.17) is 5.73 Å². The van der Waals surface area contributed by atoms with Crippen molar-refractivity contribution < 1.29 is 27.2 Å². The largest absolute Gasteiger partial charge is 0.433 e. The molecule has 0 spiro atoms. The molecule has 2 heterocycles. The number of nitrogens with two attached hydrogens (primary N) is 1. The lowest BCUT2D eigenvalue weighted by atomic mass is 10.1. The van der Waals surface area contributed by atoms with Gasteiger partial charge in [-0.05, 0) is 47.5 Å². The van der Waals surface area contributed by atoms with Crippen molar-refractivity contribution >= 4 is 29.3 Å². The molecule has 0 aliphatic carbocycles. The maximum atomic E-state index is 13.1. The summed E-state index contributed by atoms with van der Waals surface area (Å²) in [4.78, 5) is 31.3. The van der Waals surface area contributed by atoms with Gasteiger partial charge in [0, 0.05) is 29.0 Å². The molecule has 0 saturated heterocycles. The first-order valence-corrected chi connectivity index (χ1v) is 11.5. The van der Waals surface area contributed by atoms with Crippen molar-refractivity contribution in [3.8, 4) is 0 Å². The first kappa shape index (κ1) is 24.7. The average molecular weight is 505 g/mol. The molecule has 1 atom stereocenters. The van der Waals surface area contributed by atoms with Gasteiger partial charge in [0.2, 0.25) is 5.91 Å². The van der Waals surface area contributed by atoms with E-state index in [-0.39, 0.29) is 24.5 Å². The molecule has 1 aromatic heterocycles. The van der Waals surface area contributed by atoms with Crippen molar-refractivity contribution in [2.24, 2.45) is 5.73 Å². The maximum Gasteiger partial charge on any atom is 0.433 e. The quantitative estimate of drug-likeness (QED) is 0.510. The fourth-order valence-corrected chi connectivity index (χ4v) is 4.46. The summed E-state index contributed by atoms with van der Waals surface area (Å²) in [5.74, 6) is -0.891. The second kappa shape index (κ2) is 10.0. The summed E-state index contributed by atoms with van der Waals surface area (Å²) < 4.78 is 51.6. The Labute approximate surface area is 202 Å². The van der Waals surface area contributed by atoms with Crippen LogP contribution in [0.4, 0.5) is 23.2 Å². The summed E-state index contributed by atoms with van der Waals surface area (Å²) in [6, 6.07) is 11.9. The second-order valence-electron chi connectivity index (χ2n) is 7.88. The zero-order valence-corrected chi connectivity index (χ0v) is 19.0. The predicted octanol–water partition coefficient (Wildman–Crippen LogP) is 4.14. The minimum Gasteiger partial charge on any atom is -0.348 e. The number of carbonyl (C=O) groups is 2. The van der Waals surface area contributed by atoms with E-state index >= 15 is 0 Å². The summed E-state index contributed by atoms with van der Waals surface area (Å²) >= 11 is 1.35. The number of pyridine rings is 1. The van der Waals surface area contributed by atoms with E-state index < -0.39 is 29.7 Å². The van der Waals surface area contributed by atoms with Gasteiger partial charge in [-0.15, -0.1) is 11.8 Å². The average Bonchev–Trinajstić information content (AvgIpc) is 2.95. The molecule has 1 aliphatic heterocycles. The standard InChI is InChI=1S/C24H20F4N4O2S/c25-17-5-1-14(2-6-17)10-31-22(33)16-4-7-20-19(9-16)32(23(34)18(29)13-35-20)12-15-3-8-21(30-11-15)24(26,27)28/h1-9,11,18H,10,12-13,29H2,(H,31,33)/t18-/m0/s1. The molecule has 6 nitrogen and oxygen atoms in total. The number of halogens is 4. The molecule has 0 unspecified atom stereocenters. The van der Waals surface area contributed by atoms with Crippen LogP contribution in [0.1, 0.15) is 27.2 Å². The molecule has 3 aromatic rings. The van der Waals surface area contributed by atoms with E-state index in [1.807, 2.05) is 0 Å². The number of thioether (sulfide) groups is 1. The monoisotopic (exact) mass is 504 g/mol. The molecule has 0 fully saturated rings. The van der Waals surface area contributed by atoms with Crippen molar-refractivity contribution in [3.63, 3.8) is 0 Å². The van der Waals surface area contributed by atoms with Gasteiger partial charge < -0.3 is 16.0 Å². The van der Waals surface area contributed by atoms with Gasteiger partial charge >= 0.3 is 6.18 Å². The molecule has 11 heteroatoms. The van der Waals surface area contributed by atoms with E-state index in [1.54, 1.807) is 30.3 Å². The minimum atomic E-state index is -4.57. The van der Waals surface area contributed by atoms with E-state index in [0.29, 0.717) is 27.5 Å². The zero-order valence-electron chi connectivity index (χ0n) is 18.2. The highest BCUT2D eigenvalue weighted by Gasteiger charge is 2.33. The van der Waals surface area contributed by atoms with Crippen LogP contribution < -0.4 is 16.0 Å². The van der Waals surface area contributed by atoms with Crippen LogP contribution in [0.3, 0.4) is 0 Å². The number of carbonyl (C=O) groups excluding carboxylic acids is 2. The van der Waals surface area contributed by atoms with Crippen molar-refractivity contribution in [1.82, 2.24) is 10.3 Å². The van der Waals surface area contributed by atoms with Gasteiger partial charge in [-0.1, -0.05) is 18.2 Å². The highest BCUT2D eigenvalue weighted by atomic mass is 32.2. The van der Waals surface area contributed by atoms with Gasteiger partial charge in [0.15, 0.2) is 0 Å². The number of benzene rings is 2. The minimum absolute atomic E-state index is 0.0636. The number of hydrogen-bond acceptors (Lipinski definition) is 5. The summed E-state index contributed by atoms with van der Waals surface area (Å²) in [6.07, 6.45) is -3.50. The SMILES string of the molecule is N[C@H]1CSc2ccc(C(=O)NCc3ccc(F)cc3)cc2N(Cc2ccc(C(F)(F)F)nc2)C1=O. The smallest absolute Gasteiger partial charge is 0.348 e. The molecule has 2 aromatic carbocycles. The van der Waals surface area contributed by atoms with Crippen LogP contribution in [0, 0.1) is 5.82 Å². The molecule has 1 aliphatic rings. The Hall–Kier alpha value is -3.44. The summed E-state index contributed by atoms with van der Waals surface area (Å²) in [7, 11) is 0. The highest BCUT2D eigenvalue weighted by molar-refractivity contribution is 7.99. The van der Waals surface area contributed by atoms with Crippen LogP contribution in [0.25, 0.3) is 0 Å². The molecule has 0 radical (unpaired) electrons. The van der Waals surface area contributed by atoms with Crippen LogP contribution >= 0.6 is 11.8 Å². The Morgan fingerprint density at radius 2 is 1.83 bits per heavy atom. The Balaban J connectivity index is 1.58. The summed E-state index contributed by atoms with van der Waals surface area (Å²) in [6.45, 7) is 0.113. The lowest BCUT2D eigenvalue weighted by Gasteiger charge is -2.25. The van der Waals surface area contributed by atoms with Crippen LogP contribution in [0.2, 0.25) is 0 Å². The third-order valence-electron chi connectivity index (χ3n) is 5.34. The number of aromatic nitrogens is 1. The third-order valence-corrected chi connectivity index (χ3v) is 6.52. The van der Waals surface area contributed by atoms with Crippen LogP contribution in [0.5, 0.6) is 0 Å². The molecular weight excluding hydrogens is 484 g/mol. The molecule has 0 saturated carbocycles. The van der Waals surface area contributed by atoms with E-state index in [2.05, 4.69) is 10.3 Å². The molecule has 0 bridgehead atoms. The topological polar surface area (TPSA) is 88.3 Å². The number of nitrogens with zero attached hydrogens (tertiary/aromatic N) is 2. The third kappa shape index (κ3) is 5.80. The first-order valence-electron chi connectivity index (χ1n) is 10.5. The number of rotatable bonds is 5. The predicted molar refractivity (Wildman–Crippen MR) is 123 cm³/mol. The summed E-state index contributed by atoms with van der Waals surface area (Å²) in [5.41, 5.74) is 6.79. The van der Waals surface area contributed by atoms with Gasteiger partial charge in [0.1, 0.15) is 11.5 Å². The molecule has 2 amide bonds. The first-order chi connectivity index (χ1) is 16.6. The van der Waals surface area contributed by atoms with Crippen molar-refractivity contribution in [2.45, 2.75) is 30.2 Å².